The number of rotatable bonds is 5. The molecule has 0 saturated carbocycles. The molecule has 2 rings (SSSR count). The molecule has 0 radical (unpaired) electrons. The van der Waals surface area contributed by atoms with Crippen molar-refractivity contribution in [1.29, 1.82) is 0 Å². The van der Waals surface area contributed by atoms with Gasteiger partial charge < -0.3 is 5.32 Å². The minimum atomic E-state index is -0.164. The molecule has 0 aliphatic carbocycles. The molecular formula is C12H15BrClN5O. The third kappa shape index (κ3) is 4.92. The number of amides is 1. The van der Waals surface area contributed by atoms with Crippen LogP contribution >= 0.6 is 28.3 Å². The van der Waals surface area contributed by atoms with Crippen molar-refractivity contribution in [2.45, 2.75) is 6.54 Å². The monoisotopic (exact) mass is 359 g/mol. The van der Waals surface area contributed by atoms with Gasteiger partial charge in [0.05, 0.1) is 13.1 Å². The van der Waals surface area contributed by atoms with Crippen molar-refractivity contribution < 1.29 is 4.79 Å². The molecular weight excluding hydrogens is 346 g/mol. The third-order valence-electron chi connectivity index (χ3n) is 2.36. The van der Waals surface area contributed by atoms with Gasteiger partial charge in [-0.25, -0.2) is 9.67 Å². The van der Waals surface area contributed by atoms with Crippen LogP contribution in [0, 0.1) is 0 Å². The van der Waals surface area contributed by atoms with Gasteiger partial charge in [-0.2, -0.15) is 0 Å². The van der Waals surface area contributed by atoms with Crippen molar-refractivity contribution in [1.82, 2.24) is 20.1 Å². The normalized spacial score (nSPS) is 9.90. The van der Waals surface area contributed by atoms with Crippen molar-refractivity contribution in [2.24, 2.45) is 0 Å². The van der Waals surface area contributed by atoms with Crippen molar-refractivity contribution in [2.75, 3.05) is 18.9 Å². The van der Waals surface area contributed by atoms with Gasteiger partial charge in [0.15, 0.2) is 0 Å². The van der Waals surface area contributed by atoms with E-state index in [1.165, 1.54) is 0 Å². The summed E-state index contributed by atoms with van der Waals surface area (Å²) in [6, 6.07) is 7.95. The van der Waals surface area contributed by atoms with Crippen LogP contribution in [-0.2, 0) is 11.3 Å². The Morgan fingerprint density at radius 2 is 2.25 bits per heavy atom. The molecule has 0 aliphatic rings. The number of carbonyl (C=O) groups is 1. The number of carbonyl (C=O) groups excluding carboxylic acids is 1. The molecule has 0 fully saturated rings. The summed E-state index contributed by atoms with van der Waals surface area (Å²) < 4.78 is 2.70. The highest BCUT2D eigenvalue weighted by atomic mass is 79.9. The van der Waals surface area contributed by atoms with Crippen LogP contribution in [0.4, 0.5) is 5.95 Å². The van der Waals surface area contributed by atoms with Crippen LogP contribution in [0.15, 0.2) is 35.1 Å². The molecule has 0 spiro atoms. The Balaban J connectivity index is 0.00000200. The van der Waals surface area contributed by atoms with Crippen LogP contribution < -0.4 is 10.6 Å². The van der Waals surface area contributed by atoms with Gasteiger partial charge in [-0.3, -0.25) is 10.1 Å². The molecule has 1 aromatic heterocycles. The molecule has 2 aromatic rings. The topological polar surface area (TPSA) is 71.8 Å². The van der Waals surface area contributed by atoms with E-state index in [0.29, 0.717) is 12.5 Å². The van der Waals surface area contributed by atoms with E-state index < -0.39 is 0 Å². The van der Waals surface area contributed by atoms with Gasteiger partial charge in [0.1, 0.15) is 6.33 Å². The fourth-order valence-corrected chi connectivity index (χ4v) is 2.03. The molecule has 0 bridgehead atoms. The van der Waals surface area contributed by atoms with Gasteiger partial charge in [0.2, 0.25) is 11.9 Å². The Hall–Kier alpha value is -1.44. The third-order valence-corrected chi connectivity index (χ3v) is 2.85. The van der Waals surface area contributed by atoms with E-state index in [1.807, 2.05) is 24.3 Å². The molecule has 108 valence electrons. The highest BCUT2D eigenvalue weighted by Crippen LogP contribution is 2.12. The zero-order valence-electron chi connectivity index (χ0n) is 10.8. The maximum absolute atomic E-state index is 11.4. The highest BCUT2D eigenvalue weighted by molar-refractivity contribution is 9.10. The number of hydrogen-bond acceptors (Lipinski definition) is 4. The van der Waals surface area contributed by atoms with E-state index in [1.54, 1.807) is 18.1 Å². The second-order valence-electron chi connectivity index (χ2n) is 3.97. The van der Waals surface area contributed by atoms with E-state index in [0.717, 1.165) is 10.0 Å². The molecule has 1 aromatic carbocycles. The van der Waals surface area contributed by atoms with Gasteiger partial charge >= 0.3 is 0 Å². The molecule has 0 unspecified atom stereocenters. The maximum Gasteiger partial charge on any atom is 0.248 e. The molecule has 0 saturated heterocycles. The van der Waals surface area contributed by atoms with Crippen LogP contribution in [0.2, 0.25) is 0 Å². The molecule has 0 atom stereocenters. The number of likely N-dealkylation sites (N-methyl/N-ethyl adjacent to an activating group) is 1. The van der Waals surface area contributed by atoms with Crippen molar-refractivity contribution in [3.8, 4) is 0 Å². The van der Waals surface area contributed by atoms with Crippen LogP contribution in [0.25, 0.3) is 0 Å². The first-order chi connectivity index (χ1) is 9.17. The molecule has 6 nitrogen and oxygen atoms in total. The average molecular weight is 361 g/mol. The van der Waals surface area contributed by atoms with Gasteiger partial charge in [0.25, 0.3) is 0 Å². The average Bonchev–Trinajstić information content (AvgIpc) is 2.76. The maximum atomic E-state index is 11.4. The van der Waals surface area contributed by atoms with Crippen molar-refractivity contribution >= 4 is 40.2 Å². The van der Waals surface area contributed by atoms with Gasteiger partial charge in [0, 0.05) is 4.47 Å². The van der Waals surface area contributed by atoms with E-state index >= 15 is 0 Å². The number of aromatic nitrogens is 3. The fraction of sp³-hybridized carbons (Fsp3) is 0.250. The molecule has 2 N–H and O–H groups in total. The summed E-state index contributed by atoms with van der Waals surface area (Å²) in [7, 11) is 1.71. The number of anilines is 1. The van der Waals surface area contributed by atoms with Gasteiger partial charge in [-0.05, 0) is 24.7 Å². The van der Waals surface area contributed by atoms with Crippen LogP contribution in [0.5, 0.6) is 0 Å². The first-order valence-corrected chi connectivity index (χ1v) is 6.55. The molecule has 0 aliphatic heterocycles. The zero-order chi connectivity index (χ0) is 13.7. The Labute approximate surface area is 131 Å². The number of nitrogens with one attached hydrogen (secondary N) is 2. The second-order valence-corrected chi connectivity index (χ2v) is 4.89. The van der Waals surface area contributed by atoms with E-state index in [4.69, 9.17) is 0 Å². The van der Waals surface area contributed by atoms with Gasteiger partial charge in [-0.1, -0.05) is 28.1 Å². The second kappa shape index (κ2) is 7.98. The minimum Gasteiger partial charge on any atom is -0.311 e. The SMILES string of the molecule is CNCC(=O)Nc1ncn(Cc2cccc(Br)c2)n1.Cl. The summed E-state index contributed by atoms with van der Waals surface area (Å²) in [6.45, 7) is 0.842. The first kappa shape index (κ1) is 16.6. The number of benzene rings is 1. The van der Waals surface area contributed by atoms with Crippen molar-refractivity contribution in [3.63, 3.8) is 0 Å². The lowest BCUT2D eigenvalue weighted by Crippen LogP contribution is -2.25. The standard InChI is InChI=1S/C12H14BrN5O.ClH/c1-14-6-11(19)16-12-15-8-18(17-12)7-9-3-2-4-10(13)5-9;/h2-5,8,14H,6-7H2,1H3,(H,16,17,19);1H. The Kier molecular flexibility index (Phi) is 6.63. The Morgan fingerprint density at radius 1 is 1.45 bits per heavy atom. The summed E-state index contributed by atoms with van der Waals surface area (Å²) in [5.41, 5.74) is 1.10. The van der Waals surface area contributed by atoms with Crippen LogP contribution in [0.3, 0.4) is 0 Å². The predicted octanol–water partition coefficient (Wildman–Crippen LogP) is 1.67. The zero-order valence-corrected chi connectivity index (χ0v) is 13.2. The van der Waals surface area contributed by atoms with E-state index in [9.17, 15) is 4.79 Å². The smallest absolute Gasteiger partial charge is 0.248 e. The quantitative estimate of drug-likeness (QED) is 0.851. The lowest BCUT2D eigenvalue weighted by Gasteiger charge is -2.02. The van der Waals surface area contributed by atoms with E-state index in [-0.39, 0.29) is 24.9 Å². The Morgan fingerprint density at radius 3 is 2.95 bits per heavy atom. The molecule has 20 heavy (non-hydrogen) atoms. The van der Waals surface area contributed by atoms with Gasteiger partial charge in [-0.15, -0.1) is 17.5 Å². The van der Waals surface area contributed by atoms with Crippen molar-refractivity contribution in [3.05, 3.63) is 40.6 Å². The Bertz CT molecular complexity index is 574. The summed E-state index contributed by atoms with van der Waals surface area (Å²) in [6.07, 6.45) is 1.59. The first-order valence-electron chi connectivity index (χ1n) is 5.75. The summed E-state index contributed by atoms with van der Waals surface area (Å²) in [5, 5.41) is 9.56. The highest BCUT2D eigenvalue weighted by Gasteiger charge is 2.05. The minimum absolute atomic E-state index is 0. The summed E-state index contributed by atoms with van der Waals surface area (Å²) in [4.78, 5) is 15.4. The molecule has 1 amide bonds. The van der Waals surface area contributed by atoms with Crippen LogP contribution in [-0.4, -0.2) is 34.3 Å². The number of halogens is 2. The molecule has 1 heterocycles. The van der Waals surface area contributed by atoms with E-state index in [2.05, 4.69) is 36.6 Å². The fourth-order valence-electron chi connectivity index (χ4n) is 1.58. The summed E-state index contributed by atoms with van der Waals surface area (Å²) in [5.74, 6) is 0.151. The predicted molar refractivity (Wildman–Crippen MR) is 83.1 cm³/mol. The largest absolute Gasteiger partial charge is 0.311 e. The lowest BCUT2D eigenvalue weighted by molar-refractivity contribution is -0.115. The summed E-state index contributed by atoms with van der Waals surface area (Å²) >= 11 is 3.42. The number of nitrogens with zero attached hydrogens (tertiary/aromatic N) is 3. The lowest BCUT2D eigenvalue weighted by atomic mass is 10.2. The van der Waals surface area contributed by atoms with Crippen LogP contribution in [0.1, 0.15) is 5.56 Å². The molecule has 8 heteroatoms. The number of hydrogen-bond donors (Lipinski definition) is 2.